The molecule has 1 aliphatic carbocycles. The predicted molar refractivity (Wildman–Crippen MR) is 80.1 cm³/mol. The Kier molecular flexibility index (Phi) is 4.15. The molecule has 0 bridgehead atoms. The van der Waals surface area contributed by atoms with Gasteiger partial charge < -0.3 is 14.7 Å². The van der Waals surface area contributed by atoms with Crippen molar-refractivity contribution in [1.29, 1.82) is 0 Å². The second-order valence-corrected chi connectivity index (χ2v) is 6.22. The molecule has 1 N–H and O–H groups in total. The molecule has 1 aromatic rings. The molecule has 4 nitrogen and oxygen atoms in total. The second-order valence-electron chi connectivity index (χ2n) is 6.22. The zero-order chi connectivity index (χ0) is 14.8. The monoisotopic (exact) mass is 289 g/mol. The molecule has 1 aromatic carbocycles. The number of fused-ring (bicyclic) bond motifs is 1. The van der Waals surface area contributed by atoms with Crippen LogP contribution in [0.2, 0.25) is 0 Å². The lowest BCUT2D eigenvalue weighted by atomic mass is 10.00. The van der Waals surface area contributed by atoms with Crippen LogP contribution in [-0.2, 0) is 11.2 Å². The first-order chi connectivity index (χ1) is 10.2. The minimum atomic E-state index is -0.200. The van der Waals surface area contributed by atoms with Crippen LogP contribution >= 0.6 is 0 Å². The number of aryl methyl sites for hydroxylation is 1. The first-order valence-corrected chi connectivity index (χ1v) is 7.76. The average Bonchev–Trinajstić information content (AvgIpc) is 3.08. The number of aliphatic hydroxyl groups is 1. The SMILES string of the molecule is COc1ccc(CCC(=O)N2CC3CCC(O)C3C2)cc1. The third-order valence-corrected chi connectivity index (χ3v) is 4.96. The molecule has 1 amide bonds. The Morgan fingerprint density at radius 2 is 2.05 bits per heavy atom. The Labute approximate surface area is 125 Å². The summed E-state index contributed by atoms with van der Waals surface area (Å²) in [5.41, 5.74) is 1.16. The third kappa shape index (κ3) is 3.05. The molecule has 114 valence electrons. The van der Waals surface area contributed by atoms with E-state index in [4.69, 9.17) is 4.74 Å². The van der Waals surface area contributed by atoms with Crippen LogP contribution in [0.4, 0.5) is 0 Å². The molecule has 3 unspecified atom stereocenters. The van der Waals surface area contributed by atoms with Gasteiger partial charge in [0.2, 0.25) is 5.91 Å². The van der Waals surface area contributed by atoms with Crippen molar-refractivity contribution in [1.82, 2.24) is 4.90 Å². The van der Waals surface area contributed by atoms with E-state index in [2.05, 4.69) is 0 Å². The van der Waals surface area contributed by atoms with E-state index in [-0.39, 0.29) is 12.0 Å². The van der Waals surface area contributed by atoms with Crippen molar-refractivity contribution in [2.24, 2.45) is 11.8 Å². The van der Waals surface area contributed by atoms with Gasteiger partial charge in [-0.05, 0) is 42.9 Å². The number of hydrogen-bond acceptors (Lipinski definition) is 3. The van der Waals surface area contributed by atoms with Gasteiger partial charge in [-0.15, -0.1) is 0 Å². The molecule has 0 aromatic heterocycles. The summed E-state index contributed by atoms with van der Waals surface area (Å²) < 4.78 is 5.13. The fourth-order valence-corrected chi connectivity index (χ4v) is 3.64. The minimum Gasteiger partial charge on any atom is -0.497 e. The first kappa shape index (κ1) is 14.4. The maximum absolute atomic E-state index is 12.3. The second kappa shape index (κ2) is 6.06. The van der Waals surface area contributed by atoms with Gasteiger partial charge in [-0.2, -0.15) is 0 Å². The van der Waals surface area contributed by atoms with Crippen LogP contribution in [0.5, 0.6) is 5.75 Å². The molecule has 1 saturated heterocycles. The molecule has 3 rings (SSSR count). The highest BCUT2D eigenvalue weighted by atomic mass is 16.5. The summed E-state index contributed by atoms with van der Waals surface area (Å²) in [5.74, 6) is 1.89. The minimum absolute atomic E-state index is 0.200. The summed E-state index contributed by atoms with van der Waals surface area (Å²) in [7, 11) is 1.65. The molecule has 2 fully saturated rings. The Morgan fingerprint density at radius 1 is 1.29 bits per heavy atom. The van der Waals surface area contributed by atoms with Crippen LogP contribution in [0.3, 0.4) is 0 Å². The number of nitrogens with zero attached hydrogens (tertiary/aromatic N) is 1. The fourth-order valence-electron chi connectivity index (χ4n) is 3.64. The maximum Gasteiger partial charge on any atom is 0.222 e. The number of methoxy groups -OCH3 is 1. The molecule has 1 saturated carbocycles. The number of amides is 1. The van der Waals surface area contributed by atoms with Gasteiger partial charge in [0.1, 0.15) is 5.75 Å². The molecule has 1 heterocycles. The van der Waals surface area contributed by atoms with Crippen LogP contribution in [-0.4, -0.2) is 42.2 Å². The van der Waals surface area contributed by atoms with Gasteiger partial charge in [-0.1, -0.05) is 12.1 Å². The van der Waals surface area contributed by atoms with Gasteiger partial charge in [0.25, 0.3) is 0 Å². The van der Waals surface area contributed by atoms with E-state index in [1.54, 1.807) is 7.11 Å². The van der Waals surface area contributed by atoms with Crippen molar-refractivity contribution in [3.05, 3.63) is 29.8 Å². The van der Waals surface area contributed by atoms with Gasteiger partial charge in [0.05, 0.1) is 13.2 Å². The van der Waals surface area contributed by atoms with Crippen molar-refractivity contribution < 1.29 is 14.6 Å². The van der Waals surface area contributed by atoms with Crippen LogP contribution < -0.4 is 4.74 Å². The van der Waals surface area contributed by atoms with Gasteiger partial charge in [-0.25, -0.2) is 0 Å². The Bertz CT molecular complexity index is 499. The normalized spacial score (nSPS) is 27.7. The molecular weight excluding hydrogens is 266 g/mol. The molecular formula is C17H23NO3. The Balaban J connectivity index is 1.50. The Hall–Kier alpha value is -1.55. The fraction of sp³-hybridized carbons (Fsp3) is 0.588. The maximum atomic E-state index is 12.3. The predicted octanol–water partition coefficient (Wildman–Crippen LogP) is 1.86. The third-order valence-electron chi connectivity index (χ3n) is 4.96. The lowest BCUT2D eigenvalue weighted by Gasteiger charge is -2.18. The van der Waals surface area contributed by atoms with Crippen molar-refractivity contribution in [2.45, 2.75) is 31.8 Å². The van der Waals surface area contributed by atoms with Crippen molar-refractivity contribution in [3.8, 4) is 5.75 Å². The van der Waals surface area contributed by atoms with E-state index in [0.717, 1.165) is 43.7 Å². The number of carbonyl (C=O) groups excluding carboxylic acids is 1. The Morgan fingerprint density at radius 3 is 2.71 bits per heavy atom. The number of likely N-dealkylation sites (tertiary alicyclic amines) is 1. The quantitative estimate of drug-likeness (QED) is 0.920. The summed E-state index contributed by atoms with van der Waals surface area (Å²) in [4.78, 5) is 14.2. The van der Waals surface area contributed by atoms with E-state index in [1.807, 2.05) is 29.2 Å². The number of hydrogen-bond donors (Lipinski definition) is 1. The summed E-state index contributed by atoms with van der Waals surface area (Å²) in [6.45, 7) is 1.58. The van der Waals surface area contributed by atoms with Gasteiger partial charge in [0.15, 0.2) is 0 Å². The zero-order valence-electron chi connectivity index (χ0n) is 12.5. The smallest absolute Gasteiger partial charge is 0.222 e. The van der Waals surface area contributed by atoms with Gasteiger partial charge in [0, 0.05) is 25.4 Å². The number of carbonyl (C=O) groups is 1. The lowest BCUT2D eigenvalue weighted by Crippen LogP contribution is -2.31. The van der Waals surface area contributed by atoms with Crippen LogP contribution in [0.15, 0.2) is 24.3 Å². The highest BCUT2D eigenvalue weighted by Crippen LogP contribution is 2.38. The van der Waals surface area contributed by atoms with Crippen LogP contribution in [0.25, 0.3) is 0 Å². The van der Waals surface area contributed by atoms with E-state index in [1.165, 1.54) is 0 Å². The largest absolute Gasteiger partial charge is 0.497 e. The molecule has 1 aliphatic heterocycles. The zero-order valence-corrected chi connectivity index (χ0v) is 12.5. The molecule has 0 radical (unpaired) electrons. The molecule has 0 spiro atoms. The standard InChI is InChI=1S/C17H23NO3/c1-21-14-6-2-12(3-7-14)4-9-17(20)18-10-13-5-8-16(19)15(13)11-18/h2-3,6-7,13,15-16,19H,4-5,8-11H2,1H3. The van der Waals surface area contributed by atoms with E-state index < -0.39 is 0 Å². The number of benzene rings is 1. The van der Waals surface area contributed by atoms with E-state index in [9.17, 15) is 9.90 Å². The van der Waals surface area contributed by atoms with Gasteiger partial charge >= 0.3 is 0 Å². The van der Waals surface area contributed by atoms with Crippen molar-refractivity contribution >= 4 is 5.91 Å². The van der Waals surface area contributed by atoms with Gasteiger partial charge in [-0.3, -0.25) is 4.79 Å². The van der Waals surface area contributed by atoms with Crippen LogP contribution in [0.1, 0.15) is 24.8 Å². The van der Waals surface area contributed by atoms with E-state index >= 15 is 0 Å². The van der Waals surface area contributed by atoms with Crippen LogP contribution in [0, 0.1) is 11.8 Å². The summed E-state index contributed by atoms with van der Waals surface area (Å²) in [6.07, 6.45) is 3.07. The molecule has 4 heteroatoms. The summed E-state index contributed by atoms with van der Waals surface area (Å²) in [5, 5.41) is 9.91. The topological polar surface area (TPSA) is 49.8 Å². The summed E-state index contributed by atoms with van der Waals surface area (Å²) >= 11 is 0. The highest BCUT2D eigenvalue weighted by Gasteiger charge is 2.42. The molecule has 21 heavy (non-hydrogen) atoms. The average molecular weight is 289 g/mol. The number of aliphatic hydroxyl groups excluding tert-OH is 1. The summed E-state index contributed by atoms with van der Waals surface area (Å²) in [6, 6.07) is 7.87. The highest BCUT2D eigenvalue weighted by molar-refractivity contribution is 5.76. The lowest BCUT2D eigenvalue weighted by molar-refractivity contribution is -0.130. The molecule has 3 atom stereocenters. The van der Waals surface area contributed by atoms with Crippen molar-refractivity contribution in [3.63, 3.8) is 0 Å². The van der Waals surface area contributed by atoms with Crippen molar-refractivity contribution in [2.75, 3.05) is 20.2 Å². The number of rotatable bonds is 4. The first-order valence-electron chi connectivity index (χ1n) is 7.76. The molecule has 2 aliphatic rings. The number of ether oxygens (including phenoxy) is 1. The van der Waals surface area contributed by atoms with E-state index in [0.29, 0.717) is 18.3 Å².